The third-order valence-corrected chi connectivity index (χ3v) is 3.84. The van der Waals surface area contributed by atoms with Gasteiger partial charge in [0, 0.05) is 12.1 Å². The zero-order valence-electron chi connectivity index (χ0n) is 10.7. The largest absolute Gasteiger partial charge is 0.338 e. The summed E-state index contributed by atoms with van der Waals surface area (Å²) in [5.74, 6) is 5.04. The molecule has 0 spiro atoms. The summed E-state index contributed by atoms with van der Waals surface area (Å²) in [5.41, 5.74) is 2.14. The fourth-order valence-corrected chi connectivity index (χ4v) is 2.55. The van der Waals surface area contributed by atoms with E-state index in [9.17, 15) is 18.5 Å². The number of aromatic nitrogens is 1. The summed E-state index contributed by atoms with van der Waals surface area (Å²) in [6.45, 7) is 1.62. The van der Waals surface area contributed by atoms with Crippen molar-refractivity contribution in [2.45, 2.75) is 11.8 Å². The van der Waals surface area contributed by atoms with Gasteiger partial charge in [-0.05, 0) is 19.1 Å². The van der Waals surface area contributed by atoms with Gasteiger partial charge in [0.2, 0.25) is 5.88 Å². The van der Waals surface area contributed by atoms with Crippen molar-refractivity contribution in [3.8, 4) is 0 Å². The third kappa shape index (κ3) is 3.09. The maximum atomic E-state index is 12.1. The molecule has 2 rings (SSSR count). The molecule has 10 nitrogen and oxygen atoms in total. The van der Waals surface area contributed by atoms with E-state index in [1.54, 1.807) is 6.92 Å². The second-order valence-electron chi connectivity index (χ2n) is 4.02. The first-order valence-electron chi connectivity index (χ1n) is 5.54. The van der Waals surface area contributed by atoms with Gasteiger partial charge in [0.1, 0.15) is 5.69 Å². The number of hydrazine groups is 1. The summed E-state index contributed by atoms with van der Waals surface area (Å²) in [5, 5.41) is 14.4. The lowest BCUT2D eigenvalue weighted by atomic mass is 10.3. The first-order valence-corrected chi connectivity index (χ1v) is 7.03. The lowest BCUT2D eigenvalue weighted by Gasteiger charge is -2.06. The van der Waals surface area contributed by atoms with Crippen LogP contribution in [0.5, 0.6) is 0 Å². The third-order valence-electron chi connectivity index (χ3n) is 2.49. The van der Waals surface area contributed by atoms with Crippen LogP contribution in [0.1, 0.15) is 5.69 Å². The number of hydrogen-bond acceptors (Lipinski definition) is 8. The first kappa shape index (κ1) is 14.7. The quantitative estimate of drug-likeness (QED) is 0.419. The molecule has 21 heavy (non-hydrogen) atoms. The summed E-state index contributed by atoms with van der Waals surface area (Å²) in [7, 11) is -4.04. The molecular weight excluding hydrogens is 302 g/mol. The number of nitro benzene ring substituents is 1. The molecule has 1 aromatic heterocycles. The van der Waals surface area contributed by atoms with Gasteiger partial charge in [-0.3, -0.25) is 16.0 Å². The van der Waals surface area contributed by atoms with Gasteiger partial charge in [0.15, 0.2) is 0 Å². The number of nitrogens with two attached hydrogens (primary N) is 1. The predicted molar refractivity (Wildman–Crippen MR) is 73.0 cm³/mol. The molecule has 0 radical (unpaired) electrons. The Morgan fingerprint density at radius 1 is 1.38 bits per heavy atom. The highest BCUT2D eigenvalue weighted by molar-refractivity contribution is 7.92. The summed E-state index contributed by atoms with van der Waals surface area (Å²) in [6, 6.07) is 4.63. The number of sulfonamides is 1. The predicted octanol–water partition coefficient (Wildman–Crippen LogP) is 0.978. The minimum absolute atomic E-state index is 0.00513. The Morgan fingerprint density at radius 2 is 2.10 bits per heavy atom. The van der Waals surface area contributed by atoms with Crippen LogP contribution in [-0.4, -0.2) is 18.5 Å². The van der Waals surface area contributed by atoms with Crippen molar-refractivity contribution in [1.29, 1.82) is 0 Å². The number of nitrogen functional groups attached to an aromatic ring is 1. The van der Waals surface area contributed by atoms with Gasteiger partial charge in [0.25, 0.3) is 15.7 Å². The van der Waals surface area contributed by atoms with Crippen molar-refractivity contribution < 1.29 is 17.9 Å². The molecule has 4 N–H and O–H groups in total. The van der Waals surface area contributed by atoms with E-state index in [2.05, 4.69) is 15.3 Å². The summed E-state index contributed by atoms with van der Waals surface area (Å²) in [4.78, 5) is 9.84. The van der Waals surface area contributed by atoms with Gasteiger partial charge in [-0.2, -0.15) is 0 Å². The van der Waals surface area contributed by atoms with Crippen LogP contribution in [0.3, 0.4) is 0 Å². The second kappa shape index (κ2) is 5.38. The van der Waals surface area contributed by atoms with E-state index in [-0.39, 0.29) is 16.5 Å². The molecule has 0 saturated carbocycles. The number of rotatable bonds is 5. The van der Waals surface area contributed by atoms with Crippen molar-refractivity contribution in [3.05, 3.63) is 40.1 Å². The van der Waals surface area contributed by atoms with Gasteiger partial charge in [-0.25, -0.2) is 13.1 Å². The minimum Gasteiger partial charge on any atom is -0.338 e. The standard InChI is InChI=1S/C10H11N5O5S/c1-6-4-10(20-13-6)14-21(18,19)7-2-3-8(12-11)9(5-7)15(16)17/h2-5,12,14H,11H2,1H3. The molecule has 0 bridgehead atoms. The maximum absolute atomic E-state index is 12.1. The van der Waals surface area contributed by atoms with Crippen LogP contribution >= 0.6 is 0 Å². The number of benzene rings is 1. The highest BCUT2D eigenvalue weighted by Crippen LogP contribution is 2.27. The molecule has 0 unspecified atom stereocenters. The Balaban J connectivity index is 2.40. The molecule has 0 atom stereocenters. The molecule has 0 fully saturated rings. The molecule has 112 valence electrons. The lowest BCUT2D eigenvalue weighted by Crippen LogP contribution is -2.14. The number of nitro groups is 1. The van der Waals surface area contributed by atoms with E-state index < -0.39 is 20.6 Å². The van der Waals surface area contributed by atoms with Crippen molar-refractivity contribution in [2.24, 2.45) is 5.84 Å². The van der Waals surface area contributed by atoms with E-state index in [1.807, 2.05) is 0 Å². The van der Waals surface area contributed by atoms with Crippen LogP contribution in [0.4, 0.5) is 17.3 Å². The number of aryl methyl sites for hydroxylation is 1. The average Bonchev–Trinajstić information content (AvgIpc) is 2.82. The van der Waals surface area contributed by atoms with Gasteiger partial charge < -0.3 is 9.95 Å². The average molecular weight is 313 g/mol. The van der Waals surface area contributed by atoms with Crippen molar-refractivity contribution >= 4 is 27.3 Å². The van der Waals surface area contributed by atoms with Crippen LogP contribution < -0.4 is 16.0 Å². The lowest BCUT2D eigenvalue weighted by molar-refractivity contribution is -0.384. The molecule has 1 heterocycles. The minimum atomic E-state index is -4.04. The molecule has 11 heteroatoms. The summed E-state index contributed by atoms with van der Waals surface area (Å²) >= 11 is 0. The van der Waals surface area contributed by atoms with Crippen LogP contribution in [0.25, 0.3) is 0 Å². The highest BCUT2D eigenvalue weighted by atomic mass is 32.2. The zero-order chi connectivity index (χ0) is 15.6. The molecule has 1 aromatic carbocycles. The molecule has 0 saturated heterocycles. The van der Waals surface area contributed by atoms with Gasteiger partial charge in [-0.15, -0.1) is 0 Å². The van der Waals surface area contributed by atoms with E-state index in [0.717, 1.165) is 6.07 Å². The zero-order valence-corrected chi connectivity index (χ0v) is 11.5. The Bertz CT molecular complexity index is 785. The van der Waals surface area contributed by atoms with E-state index in [4.69, 9.17) is 10.4 Å². The Kier molecular flexibility index (Phi) is 3.78. The van der Waals surface area contributed by atoms with Crippen molar-refractivity contribution in [3.63, 3.8) is 0 Å². The molecule has 2 aromatic rings. The molecule has 0 aliphatic heterocycles. The van der Waals surface area contributed by atoms with Crippen molar-refractivity contribution in [1.82, 2.24) is 5.16 Å². The van der Waals surface area contributed by atoms with Crippen LogP contribution in [0.2, 0.25) is 0 Å². The fraction of sp³-hybridized carbons (Fsp3) is 0.100. The molecule has 0 aliphatic rings. The van der Waals surface area contributed by atoms with Crippen LogP contribution in [0.15, 0.2) is 33.7 Å². The monoisotopic (exact) mass is 313 g/mol. The van der Waals surface area contributed by atoms with Gasteiger partial charge >= 0.3 is 0 Å². The molecule has 0 amide bonds. The van der Waals surface area contributed by atoms with Crippen LogP contribution in [-0.2, 0) is 10.0 Å². The fourth-order valence-electron chi connectivity index (χ4n) is 1.55. The van der Waals surface area contributed by atoms with Crippen LogP contribution in [0, 0.1) is 17.0 Å². The Morgan fingerprint density at radius 3 is 2.62 bits per heavy atom. The smallest absolute Gasteiger partial charge is 0.295 e. The Labute approximate surface area is 119 Å². The van der Waals surface area contributed by atoms with Gasteiger partial charge in [-0.1, -0.05) is 5.16 Å². The van der Waals surface area contributed by atoms with E-state index in [1.165, 1.54) is 18.2 Å². The summed E-state index contributed by atoms with van der Waals surface area (Å²) in [6.07, 6.45) is 0. The normalized spacial score (nSPS) is 11.1. The number of anilines is 2. The first-order chi connectivity index (χ1) is 9.83. The van der Waals surface area contributed by atoms with E-state index >= 15 is 0 Å². The number of hydrogen-bond donors (Lipinski definition) is 3. The highest BCUT2D eigenvalue weighted by Gasteiger charge is 2.22. The van der Waals surface area contributed by atoms with Gasteiger partial charge in [0.05, 0.1) is 15.5 Å². The number of nitrogens with zero attached hydrogens (tertiary/aromatic N) is 2. The van der Waals surface area contributed by atoms with E-state index in [0.29, 0.717) is 5.69 Å². The second-order valence-corrected chi connectivity index (χ2v) is 5.70. The Hall–Kier alpha value is -2.66. The molecular formula is C10H11N5O5S. The topological polar surface area (TPSA) is 153 Å². The molecule has 0 aliphatic carbocycles. The summed E-state index contributed by atoms with van der Waals surface area (Å²) < 4.78 is 31.1. The van der Waals surface area contributed by atoms with Crippen molar-refractivity contribution in [2.75, 3.05) is 10.1 Å². The number of nitrogens with one attached hydrogen (secondary N) is 2. The maximum Gasteiger partial charge on any atom is 0.295 e. The SMILES string of the molecule is Cc1cc(NS(=O)(=O)c2ccc(NN)c([N+](=O)[O-])c2)on1.